The van der Waals surface area contributed by atoms with Crippen LogP contribution in [-0.4, -0.2) is 29.6 Å². The minimum atomic E-state index is -1.90. The summed E-state index contributed by atoms with van der Waals surface area (Å²) in [5.41, 5.74) is 0.794. The van der Waals surface area contributed by atoms with Crippen molar-refractivity contribution >= 4 is 23.3 Å². The van der Waals surface area contributed by atoms with Crippen molar-refractivity contribution in [3.05, 3.63) is 105 Å². The Hall–Kier alpha value is -4.33. The summed E-state index contributed by atoms with van der Waals surface area (Å²) >= 11 is 0. The molecule has 174 valence electrons. The van der Waals surface area contributed by atoms with Gasteiger partial charge in [-0.1, -0.05) is 48.5 Å². The summed E-state index contributed by atoms with van der Waals surface area (Å²) in [6, 6.07) is 18.5. The van der Waals surface area contributed by atoms with E-state index in [0.717, 1.165) is 4.90 Å². The third kappa shape index (κ3) is 2.43. The van der Waals surface area contributed by atoms with E-state index in [1.54, 1.807) is 42.5 Å². The van der Waals surface area contributed by atoms with E-state index >= 15 is 0 Å². The maximum atomic E-state index is 14.1. The molecule has 2 amide bonds. The number of carbonyl (C=O) groups is 3. The highest BCUT2D eigenvalue weighted by atomic mass is 16.6. The monoisotopic (exact) mass is 468 g/mol. The summed E-state index contributed by atoms with van der Waals surface area (Å²) in [4.78, 5) is 53.8. The van der Waals surface area contributed by atoms with Gasteiger partial charge in [0.1, 0.15) is 11.7 Å². The van der Waals surface area contributed by atoms with Crippen LogP contribution in [0.3, 0.4) is 0 Å². The fourth-order valence-electron chi connectivity index (χ4n) is 6.36. The van der Waals surface area contributed by atoms with Gasteiger partial charge in [0.2, 0.25) is 11.8 Å². The molecule has 1 saturated heterocycles. The van der Waals surface area contributed by atoms with E-state index < -0.39 is 40.0 Å². The predicted molar refractivity (Wildman–Crippen MR) is 125 cm³/mol. The van der Waals surface area contributed by atoms with Crippen LogP contribution >= 0.6 is 0 Å². The lowest BCUT2D eigenvalue weighted by molar-refractivity contribution is -0.578. The molecule has 3 aromatic carbocycles. The Morgan fingerprint density at radius 1 is 0.971 bits per heavy atom. The van der Waals surface area contributed by atoms with Gasteiger partial charge in [-0.25, -0.2) is 4.90 Å². The summed E-state index contributed by atoms with van der Waals surface area (Å²) in [6.07, 6.45) is 0. The molecule has 7 rings (SSSR count). The number of methoxy groups -OCH3 is 1. The van der Waals surface area contributed by atoms with Crippen molar-refractivity contribution in [1.29, 1.82) is 0 Å². The fraction of sp³-hybridized carbons (Fsp3) is 0.222. The molecule has 2 atom stereocenters. The molecule has 1 fully saturated rings. The smallest absolute Gasteiger partial charge is 0.285 e. The molecule has 1 heterocycles. The highest BCUT2D eigenvalue weighted by molar-refractivity contribution is 6.24. The summed E-state index contributed by atoms with van der Waals surface area (Å²) in [5.74, 6) is -3.89. The van der Waals surface area contributed by atoms with Crippen molar-refractivity contribution in [3.63, 3.8) is 0 Å². The molecule has 4 aliphatic rings. The third-order valence-electron chi connectivity index (χ3n) is 7.69. The zero-order valence-electron chi connectivity index (χ0n) is 18.9. The van der Waals surface area contributed by atoms with Gasteiger partial charge in [-0.3, -0.25) is 24.5 Å². The molecule has 0 unspecified atom stereocenters. The van der Waals surface area contributed by atoms with Gasteiger partial charge in [0, 0.05) is 27.5 Å². The van der Waals surface area contributed by atoms with Gasteiger partial charge < -0.3 is 4.74 Å². The van der Waals surface area contributed by atoms with Gasteiger partial charge in [0.15, 0.2) is 5.78 Å². The molecule has 2 bridgehead atoms. The van der Waals surface area contributed by atoms with Crippen LogP contribution in [0.2, 0.25) is 0 Å². The number of hydrogen-bond donors (Lipinski definition) is 0. The Morgan fingerprint density at radius 2 is 1.57 bits per heavy atom. The highest BCUT2D eigenvalue weighted by Crippen LogP contribution is 2.64. The van der Waals surface area contributed by atoms with Crippen LogP contribution in [0.15, 0.2) is 66.7 Å². The Morgan fingerprint density at radius 3 is 2.11 bits per heavy atom. The maximum absolute atomic E-state index is 14.1. The number of benzene rings is 3. The average Bonchev–Trinajstić information content (AvgIpc) is 3.13. The number of nitrogens with zero attached hydrogens (tertiary/aromatic N) is 2. The highest BCUT2D eigenvalue weighted by Gasteiger charge is 2.75. The average molecular weight is 468 g/mol. The van der Waals surface area contributed by atoms with Gasteiger partial charge in [-0.15, -0.1) is 0 Å². The largest absolute Gasteiger partial charge is 0.495 e. The van der Waals surface area contributed by atoms with Crippen molar-refractivity contribution in [2.24, 2.45) is 11.8 Å². The summed E-state index contributed by atoms with van der Waals surface area (Å²) in [5, 5.41) is 13.0. The summed E-state index contributed by atoms with van der Waals surface area (Å²) in [7, 11) is 1.40. The van der Waals surface area contributed by atoms with Crippen LogP contribution in [-0.2, 0) is 15.1 Å². The Balaban J connectivity index is 1.65. The number of anilines is 1. The van der Waals surface area contributed by atoms with E-state index in [2.05, 4.69) is 0 Å². The van der Waals surface area contributed by atoms with Crippen LogP contribution in [0.4, 0.5) is 5.69 Å². The van der Waals surface area contributed by atoms with Crippen LogP contribution in [0.25, 0.3) is 0 Å². The van der Waals surface area contributed by atoms with Crippen LogP contribution in [0, 0.1) is 22.0 Å². The lowest BCUT2D eigenvalue weighted by Gasteiger charge is -2.48. The number of nitro groups is 1. The van der Waals surface area contributed by atoms with Gasteiger partial charge >= 0.3 is 0 Å². The second-order valence-corrected chi connectivity index (χ2v) is 9.13. The number of hydrogen-bond acceptors (Lipinski definition) is 6. The maximum Gasteiger partial charge on any atom is 0.285 e. The molecule has 8 nitrogen and oxygen atoms in total. The van der Waals surface area contributed by atoms with Crippen molar-refractivity contribution in [2.75, 3.05) is 12.0 Å². The second-order valence-electron chi connectivity index (χ2n) is 9.13. The number of ether oxygens (including phenoxy) is 1. The minimum absolute atomic E-state index is 0.121. The van der Waals surface area contributed by atoms with Gasteiger partial charge in [0.05, 0.1) is 18.7 Å². The Bertz CT molecular complexity index is 1430. The first kappa shape index (κ1) is 21.2. The molecular weight excluding hydrogens is 448 g/mol. The minimum Gasteiger partial charge on any atom is -0.495 e. The Labute approximate surface area is 200 Å². The molecule has 3 aromatic rings. The van der Waals surface area contributed by atoms with E-state index in [4.69, 9.17) is 4.74 Å². The zero-order chi connectivity index (χ0) is 24.6. The quantitative estimate of drug-likeness (QED) is 0.250. The molecule has 0 spiro atoms. The number of imide groups is 1. The summed E-state index contributed by atoms with van der Waals surface area (Å²) < 4.78 is 5.42. The predicted octanol–water partition coefficient (Wildman–Crippen LogP) is 3.68. The van der Waals surface area contributed by atoms with Crippen LogP contribution in [0.1, 0.15) is 45.5 Å². The Kier molecular flexibility index (Phi) is 4.30. The lowest BCUT2D eigenvalue weighted by atomic mass is 9.51. The SMILES string of the molecule is COc1ccc(C(C)=O)cc1N1C(=O)[C@@H]2C3c4ccccc4C([N+](=O)[O-])(c4ccccc43)[C@@H]2C1=O. The van der Waals surface area contributed by atoms with Crippen LogP contribution in [0.5, 0.6) is 5.75 Å². The number of Topliss-reactive ketones (excluding diaryl/α,β-unsaturated/α-hetero) is 1. The zero-order valence-corrected chi connectivity index (χ0v) is 18.9. The van der Waals surface area contributed by atoms with Gasteiger partial charge in [0.25, 0.3) is 5.54 Å². The number of ketones is 1. The van der Waals surface area contributed by atoms with Gasteiger partial charge in [-0.2, -0.15) is 0 Å². The standard InChI is InChI=1S/C27H20N2O6/c1-14(30)15-11-12-21(35-2)20(13-15)28-25(31)23-22-16-7-3-5-9-18(16)27(29(33)34,24(23)26(28)32)19-10-6-4-8-17(19)22/h3-13,22-24H,1-2H3/t22?,23-,24+,27?/m1/s1. The first-order chi connectivity index (χ1) is 16.8. The molecule has 1 aliphatic heterocycles. The topological polar surface area (TPSA) is 107 Å². The number of carbonyl (C=O) groups excluding carboxylic acids is 3. The second kappa shape index (κ2) is 7.09. The van der Waals surface area contributed by atoms with E-state index in [1.807, 2.05) is 12.1 Å². The molecule has 35 heavy (non-hydrogen) atoms. The number of amides is 2. The van der Waals surface area contributed by atoms with Crippen molar-refractivity contribution in [1.82, 2.24) is 0 Å². The van der Waals surface area contributed by atoms with E-state index in [-0.39, 0.29) is 17.2 Å². The first-order valence-electron chi connectivity index (χ1n) is 11.2. The fourth-order valence-corrected chi connectivity index (χ4v) is 6.36. The summed E-state index contributed by atoms with van der Waals surface area (Å²) in [6.45, 7) is 1.38. The molecule has 0 aromatic heterocycles. The van der Waals surface area contributed by atoms with E-state index in [9.17, 15) is 24.5 Å². The van der Waals surface area contributed by atoms with Crippen LogP contribution < -0.4 is 9.64 Å². The lowest BCUT2D eigenvalue weighted by Crippen LogP contribution is -2.57. The molecular formula is C27H20N2O6. The molecule has 0 saturated carbocycles. The molecule has 0 radical (unpaired) electrons. The normalized spacial score (nSPS) is 25.7. The third-order valence-corrected chi connectivity index (χ3v) is 7.69. The van der Waals surface area contributed by atoms with Crippen molar-refractivity contribution < 1.29 is 24.0 Å². The number of rotatable bonds is 4. The van der Waals surface area contributed by atoms with E-state index in [0.29, 0.717) is 27.8 Å². The molecule has 3 aliphatic carbocycles. The van der Waals surface area contributed by atoms with Crippen molar-refractivity contribution in [3.8, 4) is 5.75 Å². The molecule has 8 heteroatoms. The van der Waals surface area contributed by atoms with Gasteiger partial charge in [-0.05, 0) is 36.2 Å². The van der Waals surface area contributed by atoms with Crippen molar-refractivity contribution in [2.45, 2.75) is 18.4 Å². The first-order valence-corrected chi connectivity index (χ1v) is 11.2. The van der Waals surface area contributed by atoms with E-state index in [1.165, 1.54) is 26.2 Å². The molecule has 0 N–H and O–H groups in total.